The van der Waals surface area contributed by atoms with E-state index < -0.39 is 23.4 Å². The minimum Gasteiger partial charge on any atom is -0.440 e. The van der Waals surface area contributed by atoms with Gasteiger partial charge in [0.15, 0.2) is 22.8 Å². The maximum atomic E-state index is 14.4. The molecule has 0 saturated carbocycles. The molecule has 34 heavy (non-hydrogen) atoms. The number of nitrogens with zero attached hydrogens (tertiary/aromatic N) is 2. The van der Waals surface area contributed by atoms with Gasteiger partial charge in [-0.25, -0.2) is 8.78 Å². The largest absolute Gasteiger partial charge is 0.440 e. The summed E-state index contributed by atoms with van der Waals surface area (Å²) in [5.41, 5.74) is 5.88. The summed E-state index contributed by atoms with van der Waals surface area (Å²) in [5, 5.41) is 0.191. The van der Waals surface area contributed by atoms with E-state index in [1.807, 2.05) is 4.90 Å². The fourth-order valence-electron chi connectivity index (χ4n) is 4.09. The van der Waals surface area contributed by atoms with Crippen molar-refractivity contribution in [3.8, 4) is 0 Å². The monoisotopic (exact) mass is 476 g/mol. The second-order valence-electron chi connectivity index (χ2n) is 8.80. The highest BCUT2D eigenvalue weighted by atomic mass is 19.2. The molecule has 0 atom stereocenters. The van der Waals surface area contributed by atoms with Crippen LogP contribution >= 0.6 is 0 Å². The second kappa shape index (κ2) is 9.11. The SMILES string of the molecule is C[N+](C)(CCc1cc(C(N)=O)cc2c(=O)cc(N3CCOCC3)oc12)c1cc(F)cc(F)c1F. The number of carbonyl (C=O) groups excluding carboxylic acids is 1. The molecule has 0 radical (unpaired) electrons. The Balaban J connectivity index is 1.76. The van der Waals surface area contributed by atoms with E-state index in [0.717, 1.165) is 6.07 Å². The summed E-state index contributed by atoms with van der Waals surface area (Å²) in [6, 6.07) is 5.72. The van der Waals surface area contributed by atoms with E-state index in [1.54, 1.807) is 14.1 Å². The van der Waals surface area contributed by atoms with E-state index in [4.69, 9.17) is 14.9 Å². The minimum atomic E-state index is -1.27. The third kappa shape index (κ3) is 4.64. The summed E-state index contributed by atoms with van der Waals surface area (Å²) in [7, 11) is 3.21. The van der Waals surface area contributed by atoms with Crippen LogP contribution in [0.2, 0.25) is 0 Å². The lowest BCUT2D eigenvalue weighted by Crippen LogP contribution is -2.43. The number of morpholine rings is 1. The highest BCUT2D eigenvalue weighted by molar-refractivity contribution is 5.97. The van der Waals surface area contributed by atoms with Crippen LogP contribution in [-0.2, 0) is 11.2 Å². The Morgan fingerprint density at radius 2 is 1.79 bits per heavy atom. The number of rotatable bonds is 6. The Hall–Kier alpha value is -3.37. The molecule has 1 aliphatic heterocycles. The average molecular weight is 476 g/mol. The molecule has 0 bridgehead atoms. The summed E-state index contributed by atoms with van der Waals surface area (Å²) in [5.74, 6) is -3.64. The van der Waals surface area contributed by atoms with Crippen molar-refractivity contribution in [2.75, 3.05) is 51.8 Å². The Morgan fingerprint density at radius 1 is 1.09 bits per heavy atom. The zero-order chi connectivity index (χ0) is 24.6. The lowest BCUT2D eigenvalue weighted by Gasteiger charge is -2.30. The molecule has 10 heteroatoms. The van der Waals surface area contributed by atoms with E-state index in [2.05, 4.69) is 0 Å². The van der Waals surface area contributed by atoms with Crippen LogP contribution in [-0.4, -0.2) is 52.9 Å². The van der Waals surface area contributed by atoms with Crippen molar-refractivity contribution in [3.05, 3.63) is 69.1 Å². The maximum Gasteiger partial charge on any atom is 0.248 e. The molecule has 4 rings (SSSR count). The van der Waals surface area contributed by atoms with Gasteiger partial charge >= 0.3 is 0 Å². The van der Waals surface area contributed by atoms with Gasteiger partial charge in [-0.15, -0.1) is 0 Å². The summed E-state index contributed by atoms with van der Waals surface area (Å²) < 4.78 is 53.3. The van der Waals surface area contributed by atoms with Gasteiger partial charge in [-0.2, -0.15) is 4.39 Å². The number of halogens is 3. The molecule has 1 aliphatic rings. The van der Waals surface area contributed by atoms with Crippen LogP contribution in [0.3, 0.4) is 0 Å². The normalized spacial score (nSPS) is 14.6. The number of carbonyl (C=O) groups is 1. The standard InChI is InChI=1S/C24H24F3N3O4/c1-30(2,19-12-16(25)11-18(26)22(19)27)6-3-14-9-15(24(28)32)10-17-20(31)13-21(34-23(14)17)29-4-7-33-8-5-29/h9-13H,3-8H2,1-2H3,(H-,28,32)/p+1. The van der Waals surface area contributed by atoms with Gasteiger partial charge < -0.3 is 19.8 Å². The second-order valence-corrected chi connectivity index (χ2v) is 8.80. The molecule has 7 nitrogen and oxygen atoms in total. The van der Waals surface area contributed by atoms with Crippen LogP contribution in [0.15, 0.2) is 39.5 Å². The van der Waals surface area contributed by atoms with Crippen molar-refractivity contribution in [3.63, 3.8) is 0 Å². The first-order valence-electron chi connectivity index (χ1n) is 10.8. The van der Waals surface area contributed by atoms with E-state index in [-0.39, 0.29) is 45.1 Å². The Labute approximate surface area is 193 Å². The molecule has 2 heterocycles. The zero-order valence-electron chi connectivity index (χ0n) is 18.9. The molecule has 1 aromatic heterocycles. The van der Waals surface area contributed by atoms with Gasteiger partial charge in [-0.05, 0) is 12.1 Å². The number of hydrogen-bond donors (Lipinski definition) is 1. The van der Waals surface area contributed by atoms with Gasteiger partial charge in [0.25, 0.3) is 0 Å². The molecule has 2 aromatic carbocycles. The number of anilines is 1. The Morgan fingerprint density at radius 3 is 2.47 bits per heavy atom. The van der Waals surface area contributed by atoms with Gasteiger partial charge in [0.05, 0.1) is 39.2 Å². The van der Waals surface area contributed by atoms with Gasteiger partial charge in [-0.1, -0.05) is 0 Å². The number of likely N-dealkylation sites (N-methyl/N-ethyl adjacent to an activating group) is 1. The van der Waals surface area contributed by atoms with Crippen LogP contribution in [0.4, 0.5) is 24.7 Å². The molecule has 1 fully saturated rings. The van der Waals surface area contributed by atoms with Crippen LogP contribution in [0.1, 0.15) is 15.9 Å². The van der Waals surface area contributed by atoms with Crippen molar-refractivity contribution >= 4 is 28.4 Å². The number of hydrogen-bond acceptors (Lipinski definition) is 5. The topological polar surface area (TPSA) is 85.8 Å². The molecule has 2 N–H and O–H groups in total. The van der Waals surface area contributed by atoms with Crippen molar-refractivity contribution in [1.82, 2.24) is 4.48 Å². The highest BCUT2D eigenvalue weighted by Crippen LogP contribution is 2.29. The lowest BCUT2D eigenvalue weighted by molar-refractivity contribution is 0.1000. The highest BCUT2D eigenvalue weighted by Gasteiger charge is 2.28. The van der Waals surface area contributed by atoms with Gasteiger partial charge in [0, 0.05) is 48.8 Å². The maximum absolute atomic E-state index is 14.4. The fourth-order valence-corrected chi connectivity index (χ4v) is 4.09. The smallest absolute Gasteiger partial charge is 0.248 e. The molecule has 0 spiro atoms. The van der Waals surface area contributed by atoms with Gasteiger partial charge in [0.2, 0.25) is 11.7 Å². The third-order valence-electron chi connectivity index (χ3n) is 6.07. The molecule has 180 valence electrons. The number of primary amides is 1. The number of fused-ring (bicyclic) bond motifs is 1. The van der Waals surface area contributed by atoms with Crippen molar-refractivity contribution in [1.29, 1.82) is 0 Å². The van der Waals surface area contributed by atoms with Crippen LogP contribution in [0.5, 0.6) is 0 Å². The fraction of sp³-hybridized carbons (Fsp3) is 0.333. The molecule has 1 amide bonds. The molecular formula is C24H25F3N3O4+. The first kappa shape index (κ1) is 23.8. The summed E-state index contributed by atoms with van der Waals surface area (Å²) in [6.45, 7) is 2.28. The van der Waals surface area contributed by atoms with Crippen molar-refractivity contribution in [2.24, 2.45) is 5.73 Å². The van der Waals surface area contributed by atoms with Crippen LogP contribution < -0.4 is 20.5 Å². The molecule has 3 aromatic rings. The molecule has 1 saturated heterocycles. The summed E-state index contributed by atoms with van der Waals surface area (Å²) >= 11 is 0. The van der Waals surface area contributed by atoms with Gasteiger partial charge in [-0.3, -0.25) is 14.1 Å². The Bertz CT molecular complexity index is 1320. The van der Waals surface area contributed by atoms with E-state index in [0.29, 0.717) is 43.8 Å². The third-order valence-corrected chi connectivity index (χ3v) is 6.07. The summed E-state index contributed by atoms with van der Waals surface area (Å²) in [6.07, 6.45) is 0.206. The molecule has 0 aliphatic carbocycles. The quantitative estimate of drug-likeness (QED) is 0.437. The number of quaternary nitrogens is 1. The van der Waals surface area contributed by atoms with E-state index in [1.165, 1.54) is 18.2 Å². The number of nitrogens with two attached hydrogens (primary N) is 1. The zero-order valence-corrected chi connectivity index (χ0v) is 18.9. The van der Waals surface area contributed by atoms with Crippen LogP contribution in [0.25, 0.3) is 11.0 Å². The number of benzene rings is 2. The first-order chi connectivity index (χ1) is 16.1. The Kier molecular flexibility index (Phi) is 6.37. The molecule has 0 unspecified atom stereocenters. The number of ether oxygens (including phenoxy) is 1. The van der Waals surface area contributed by atoms with Crippen molar-refractivity contribution in [2.45, 2.75) is 6.42 Å². The first-order valence-corrected chi connectivity index (χ1v) is 10.8. The lowest BCUT2D eigenvalue weighted by atomic mass is 10.0. The van der Waals surface area contributed by atoms with Crippen molar-refractivity contribution < 1.29 is 27.1 Å². The van der Waals surface area contributed by atoms with E-state index in [9.17, 15) is 22.8 Å². The van der Waals surface area contributed by atoms with Gasteiger partial charge in [0.1, 0.15) is 11.4 Å². The van der Waals surface area contributed by atoms with E-state index >= 15 is 0 Å². The summed E-state index contributed by atoms with van der Waals surface area (Å²) in [4.78, 5) is 26.7. The number of amides is 1. The minimum absolute atomic E-state index is 0.127. The predicted molar refractivity (Wildman–Crippen MR) is 123 cm³/mol. The predicted octanol–water partition coefficient (Wildman–Crippen LogP) is 2.96. The molecular weight excluding hydrogens is 451 g/mol. The van der Waals surface area contributed by atoms with Crippen LogP contribution in [0, 0.1) is 17.5 Å². The average Bonchev–Trinajstić information content (AvgIpc) is 2.80.